The van der Waals surface area contributed by atoms with Gasteiger partial charge in [0.15, 0.2) is 0 Å². The van der Waals surface area contributed by atoms with E-state index in [4.69, 9.17) is 16.3 Å². The fraction of sp³-hybridized carbons (Fsp3) is 0.143. The molecule has 2 rings (SSSR count). The Balaban J connectivity index is 2.39. The number of halogens is 1. The van der Waals surface area contributed by atoms with Crippen LogP contribution in [0.15, 0.2) is 12.3 Å². The lowest BCUT2D eigenvalue weighted by atomic mass is 10.4. The Kier molecular flexibility index (Phi) is 2.83. The topological polar surface area (TPSA) is 109 Å². The molecular weight excluding hydrogens is 252 g/mol. The molecule has 17 heavy (non-hydrogen) atoms. The van der Waals surface area contributed by atoms with Gasteiger partial charge in [-0.2, -0.15) is 4.68 Å². The van der Waals surface area contributed by atoms with Crippen molar-refractivity contribution in [3.05, 3.63) is 27.4 Å². The maximum absolute atomic E-state index is 10.8. The summed E-state index contributed by atoms with van der Waals surface area (Å²) in [6, 6.07) is 1.12. The van der Waals surface area contributed by atoms with E-state index in [0.717, 1.165) is 6.07 Å². The molecule has 10 heteroatoms. The molecule has 0 aromatic carbocycles. The number of rotatable bonds is 3. The van der Waals surface area contributed by atoms with Crippen LogP contribution in [0.25, 0.3) is 0 Å². The number of aryl methyl sites for hydroxylation is 1. The minimum Gasteiger partial charge on any atom is -0.397 e. The van der Waals surface area contributed by atoms with Gasteiger partial charge in [0.25, 0.3) is 0 Å². The lowest BCUT2D eigenvalue weighted by molar-refractivity contribution is -0.386. The monoisotopic (exact) mass is 256 g/mol. The van der Waals surface area contributed by atoms with Crippen molar-refractivity contribution < 1.29 is 9.66 Å². The van der Waals surface area contributed by atoms with Crippen LogP contribution in [-0.2, 0) is 7.05 Å². The van der Waals surface area contributed by atoms with Crippen LogP contribution in [0.3, 0.4) is 0 Å². The van der Waals surface area contributed by atoms with Gasteiger partial charge in [-0.1, -0.05) is 16.7 Å². The summed E-state index contributed by atoms with van der Waals surface area (Å²) in [5.41, 5.74) is -0.361. The van der Waals surface area contributed by atoms with Gasteiger partial charge in [0.1, 0.15) is 0 Å². The number of hydrogen-bond donors (Lipinski definition) is 0. The number of tetrazole rings is 1. The van der Waals surface area contributed by atoms with Crippen LogP contribution in [0.4, 0.5) is 5.69 Å². The van der Waals surface area contributed by atoms with Crippen LogP contribution >= 0.6 is 11.6 Å². The summed E-state index contributed by atoms with van der Waals surface area (Å²) < 4.78 is 6.32. The number of pyridine rings is 1. The summed E-state index contributed by atoms with van der Waals surface area (Å²) in [4.78, 5) is 13.8. The number of aromatic nitrogens is 5. The summed E-state index contributed by atoms with van der Waals surface area (Å²) in [5, 5.41) is 21.2. The first kappa shape index (κ1) is 11.2. The van der Waals surface area contributed by atoms with Gasteiger partial charge in [-0.15, -0.1) is 0 Å². The van der Waals surface area contributed by atoms with Crippen molar-refractivity contribution in [1.82, 2.24) is 25.2 Å². The highest BCUT2D eigenvalue weighted by Crippen LogP contribution is 2.29. The SMILES string of the molecule is Cn1nnnc1Oc1ncc(Cl)cc1[N+](=O)[O-]. The van der Waals surface area contributed by atoms with Crippen LogP contribution in [0.2, 0.25) is 5.02 Å². The molecular formula is C7H5ClN6O3. The van der Waals surface area contributed by atoms with Crippen LogP contribution < -0.4 is 4.74 Å². The fourth-order valence-corrected chi connectivity index (χ4v) is 1.17. The Hall–Kier alpha value is -2.29. The quantitative estimate of drug-likeness (QED) is 0.594. The Bertz CT molecular complexity index is 570. The van der Waals surface area contributed by atoms with Gasteiger partial charge in [0, 0.05) is 13.1 Å². The average molecular weight is 257 g/mol. The van der Waals surface area contributed by atoms with Crippen molar-refractivity contribution in [2.24, 2.45) is 7.05 Å². The first-order chi connectivity index (χ1) is 8.08. The molecule has 0 aliphatic heterocycles. The molecule has 0 amide bonds. The Morgan fingerprint density at radius 2 is 2.35 bits per heavy atom. The average Bonchev–Trinajstić information content (AvgIpc) is 2.67. The lowest BCUT2D eigenvalue weighted by Crippen LogP contribution is -2.00. The van der Waals surface area contributed by atoms with Crippen molar-refractivity contribution in [2.45, 2.75) is 0 Å². The van der Waals surface area contributed by atoms with Crippen molar-refractivity contribution in [3.63, 3.8) is 0 Å². The van der Waals surface area contributed by atoms with E-state index < -0.39 is 4.92 Å². The molecule has 2 aromatic rings. The second-order valence-electron chi connectivity index (χ2n) is 2.92. The normalized spacial score (nSPS) is 10.2. The van der Waals surface area contributed by atoms with Crippen molar-refractivity contribution in [3.8, 4) is 11.9 Å². The number of hydrogen-bond acceptors (Lipinski definition) is 7. The van der Waals surface area contributed by atoms with Gasteiger partial charge in [0.2, 0.25) is 0 Å². The smallest absolute Gasteiger partial charge is 0.342 e. The van der Waals surface area contributed by atoms with Gasteiger partial charge < -0.3 is 4.74 Å². The molecule has 0 radical (unpaired) electrons. The summed E-state index contributed by atoms with van der Waals surface area (Å²) in [6.45, 7) is 0. The second-order valence-corrected chi connectivity index (χ2v) is 3.36. The Morgan fingerprint density at radius 3 is 2.94 bits per heavy atom. The van der Waals surface area contributed by atoms with E-state index in [2.05, 4.69) is 20.5 Å². The highest BCUT2D eigenvalue weighted by molar-refractivity contribution is 6.30. The van der Waals surface area contributed by atoms with E-state index in [-0.39, 0.29) is 22.6 Å². The number of ether oxygens (including phenoxy) is 1. The predicted molar refractivity (Wildman–Crippen MR) is 54.8 cm³/mol. The molecule has 2 aromatic heterocycles. The number of nitro groups is 1. The van der Waals surface area contributed by atoms with Crippen LogP contribution in [0.5, 0.6) is 11.9 Å². The van der Waals surface area contributed by atoms with Gasteiger partial charge in [-0.05, 0) is 10.4 Å². The highest BCUT2D eigenvalue weighted by Gasteiger charge is 2.20. The zero-order valence-corrected chi connectivity index (χ0v) is 9.20. The third-order valence-electron chi connectivity index (χ3n) is 1.76. The molecule has 2 heterocycles. The van der Waals surface area contributed by atoms with Gasteiger partial charge in [-0.25, -0.2) is 4.98 Å². The van der Waals surface area contributed by atoms with Crippen LogP contribution in [-0.4, -0.2) is 30.1 Å². The zero-order chi connectivity index (χ0) is 12.4. The van der Waals surface area contributed by atoms with Crippen molar-refractivity contribution >= 4 is 17.3 Å². The number of nitrogens with zero attached hydrogens (tertiary/aromatic N) is 6. The first-order valence-corrected chi connectivity index (χ1v) is 4.66. The molecule has 0 unspecified atom stereocenters. The van der Waals surface area contributed by atoms with Gasteiger partial charge in [-0.3, -0.25) is 10.1 Å². The van der Waals surface area contributed by atoms with E-state index in [1.165, 1.54) is 17.9 Å². The largest absolute Gasteiger partial charge is 0.397 e. The highest BCUT2D eigenvalue weighted by atomic mass is 35.5. The molecule has 0 aliphatic carbocycles. The summed E-state index contributed by atoms with van der Waals surface area (Å²) in [5.74, 6) is -0.225. The van der Waals surface area contributed by atoms with Crippen LogP contribution in [0.1, 0.15) is 0 Å². The standard InChI is InChI=1S/C7H5ClN6O3/c1-13-7(10-11-12-13)17-6-5(14(15)16)2-4(8)3-9-6/h2-3H,1H3. The van der Waals surface area contributed by atoms with Gasteiger partial charge in [0.05, 0.1) is 16.1 Å². The molecule has 0 saturated heterocycles. The molecule has 0 atom stereocenters. The minimum atomic E-state index is -0.655. The van der Waals surface area contributed by atoms with Crippen molar-refractivity contribution in [1.29, 1.82) is 0 Å². The van der Waals surface area contributed by atoms with E-state index in [9.17, 15) is 10.1 Å². The first-order valence-electron chi connectivity index (χ1n) is 4.28. The third-order valence-corrected chi connectivity index (χ3v) is 1.97. The predicted octanol–water partition coefficient (Wildman–Crippen LogP) is 0.959. The third kappa shape index (κ3) is 2.28. The molecule has 0 spiro atoms. The van der Waals surface area contributed by atoms with E-state index in [1.54, 1.807) is 0 Å². The zero-order valence-electron chi connectivity index (χ0n) is 8.44. The summed E-state index contributed by atoms with van der Waals surface area (Å²) in [6.07, 6.45) is 1.23. The molecule has 0 bridgehead atoms. The van der Waals surface area contributed by atoms with E-state index in [1.807, 2.05) is 0 Å². The second kappa shape index (κ2) is 4.29. The van der Waals surface area contributed by atoms with Crippen molar-refractivity contribution in [2.75, 3.05) is 0 Å². The summed E-state index contributed by atoms with van der Waals surface area (Å²) >= 11 is 5.61. The molecule has 0 saturated carbocycles. The minimum absolute atomic E-state index is 0.0112. The molecule has 9 nitrogen and oxygen atoms in total. The van der Waals surface area contributed by atoms with E-state index >= 15 is 0 Å². The Morgan fingerprint density at radius 1 is 1.59 bits per heavy atom. The maximum atomic E-state index is 10.8. The lowest BCUT2D eigenvalue weighted by Gasteiger charge is -2.02. The molecule has 0 aliphatic rings. The molecule has 88 valence electrons. The van der Waals surface area contributed by atoms with Gasteiger partial charge >= 0.3 is 17.6 Å². The van der Waals surface area contributed by atoms with E-state index in [0.29, 0.717) is 0 Å². The van der Waals surface area contributed by atoms with Crippen LogP contribution in [0, 0.1) is 10.1 Å². The summed E-state index contributed by atoms with van der Waals surface area (Å²) in [7, 11) is 1.52. The maximum Gasteiger partial charge on any atom is 0.342 e. The molecule has 0 N–H and O–H groups in total. The Labute approximate surface area is 99.1 Å². The molecule has 0 fully saturated rings. The fourth-order valence-electron chi connectivity index (χ4n) is 1.02.